The Balaban J connectivity index is 1.66. The van der Waals surface area contributed by atoms with Gasteiger partial charge in [-0.2, -0.15) is 5.10 Å². The van der Waals surface area contributed by atoms with E-state index in [-0.39, 0.29) is 17.3 Å². The summed E-state index contributed by atoms with van der Waals surface area (Å²) < 4.78 is 14.8. The van der Waals surface area contributed by atoms with E-state index in [1.807, 2.05) is 0 Å². The van der Waals surface area contributed by atoms with E-state index in [2.05, 4.69) is 10.1 Å². The molecule has 1 amide bonds. The summed E-state index contributed by atoms with van der Waals surface area (Å²) in [5.41, 5.74) is 7.45. The zero-order valence-corrected chi connectivity index (χ0v) is 15.5. The normalized spacial score (nSPS) is 13.5. The van der Waals surface area contributed by atoms with Crippen molar-refractivity contribution in [3.05, 3.63) is 80.6 Å². The highest BCUT2D eigenvalue weighted by atomic mass is 35.5. The van der Waals surface area contributed by atoms with Crippen LogP contribution < -0.4 is 11.3 Å². The fraction of sp³-hybridized carbons (Fsp3) is 0.200. The number of pyridine rings is 1. The van der Waals surface area contributed by atoms with E-state index in [9.17, 15) is 14.0 Å². The molecule has 0 bridgehead atoms. The monoisotopic (exact) mass is 398 g/mol. The van der Waals surface area contributed by atoms with Crippen molar-refractivity contribution in [2.75, 3.05) is 0 Å². The molecular weight excluding hydrogens is 383 g/mol. The maximum atomic E-state index is 13.5. The van der Waals surface area contributed by atoms with Crippen LogP contribution in [-0.4, -0.2) is 20.7 Å². The second-order valence-corrected chi connectivity index (χ2v) is 7.23. The maximum absolute atomic E-state index is 13.5. The summed E-state index contributed by atoms with van der Waals surface area (Å²) in [6.45, 7) is 0. The number of hydrogen-bond acceptors (Lipinski definition) is 4. The summed E-state index contributed by atoms with van der Waals surface area (Å²) in [5.74, 6) is -1.12. The van der Waals surface area contributed by atoms with Crippen LogP contribution in [0.5, 0.6) is 0 Å². The first-order valence-corrected chi connectivity index (χ1v) is 9.12. The van der Waals surface area contributed by atoms with Gasteiger partial charge in [0.2, 0.25) is 0 Å². The van der Waals surface area contributed by atoms with Gasteiger partial charge in [-0.3, -0.25) is 14.6 Å². The van der Waals surface area contributed by atoms with Crippen LogP contribution >= 0.6 is 11.6 Å². The van der Waals surface area contributed by atoms with E-state index in [1.165, 1.54) is 22.9 Å². The zero-order chi connectivity index (χ0) is 19.8. The number of aromatic nitrogens is 3. The Morgan fingerprint density at radius 3 is 2.61 bits per heavy atom. The van der Waals surface area contributed by atoms with Gasteiger partial charge in [0.05, 0.1) is 11.7 Å². The van der Waals surface area contributed by atoms with Crippen LogP contribution in [-0.2, 0) is 6.42 Å². The number of carbonyl (C=O) groups is 1. The molecule has 1 aromatic carbocycles. The fourth-order valence-corrected chi connectivity index (χ4v) is 3.31. The van der Waals surface area contributed by atoms with Crippen molar-refractivity contribution in [3.63, 3.8) is 0 Å². The first-order valence-electron chi connectivity index (χ1n) is 8.74. The molecule has 1 fully saturated rings. The van der Waals surface area contributed by atoms with E-state index in [4.69, 9.17) is 17.3 Å². The van der Waals surface area contributed by atoms with Crippen molar-refractivity contribution in [2.45, 2.75) is 25.3 Å². The Morgan fingerprint density at radius 1 is 1.21 bits per heavy atom. The Kier molecular flexibility index (Phi) is 4.68. The second kappa shape index (κ2) is 7.16. The summed E-state index contributed by atoms with van der Waals surface area (Å²) in [7, 11) is 0. The predicted octanol–water partition coefficient (Wildman–Crippen LogP) is 3.12. The van der Waals surface area contributed by atoms with Crippen LogP contribution in [0.25, 0.3) is 11.3 Å². The standard InChI is InChI=1S/C20H16ClFN4O2/c21-13-6-12(7-14(22)8-13)5-11-1-4-17(24-10-11)16-9-18(27)26(15-2-3-15)25-19(16)20(23)28/h1,4,6-10,15H,2-3,5H2,(H2,23,28). The summed E-state index contributed by atoms with van der Waals surface area (Å²) in [5, 5.41) is 4.48. The third-order valence-electron chi connectivity index (χ3n) is 4.51. The highest BCUT2D eigenvalue weighted by Crippen LogP contribution is 2.33. The molecule has 0 spiro atoms. The van der Waals surface area contributed by atoms with Gasteiger partial charge in [0.1, 0.15) is 5.82 Å². The number of benzene rings is 1. The average Bonchev–Trinajstić information content (AvgIpc) is 3.46. The SMILES string of the molecule is NC(=O)c1nn(C2CC2)c(=O)cc1-c1ccc(Cc2cc(F)cc(Cl)c2)cn1. The maximum Gasteiger partial charge on any atom is 0.269 e. The molecular formula is C20H16ClFN4O2. The van der Waals surface area contributed by atoms with Gasteiger partial charge in [0.15, 0.2) is 5.69 Å². The van der Waals surface area contributed by atoms with Gasteiger partial charge < -0.3 is 5.73 Å². The molecule has 0 unspecified atom stereocenters. The summed E-state index contributed by atoms with van der Waals surface area (Å²) >= 11 is 5.88. The van der Waals surface area contributed by atoms with Crippen LogP contribution in [0.1, 0.15) is 40.5 Å². The minimum absolute atomic E-state index is 0.0173. The lowest BCUT2D eigenvalue weighted by Gasteiger charge is -2.10. The molecule has 1 saturated carbocycles. The molecule has 3 aromatic rings. The van der Waals surface area contributed by atoms with Gasteiger partial charge in [-0.15, -0.1) is 0 Å². The van der Waals surface area contributed by atoms with Crippen LogP contribution in [0.3, 0.4) is 0 Å². The smallest absolute Gasteiger partial charge is 0.269 e. The molecule has 0 saturated heterocycles. The molecule has 28 heavy (non-hydrogen) atoms. The predicted molar refractivity (Wildman–Crippen MR) is 103 cm³/mol. The van der Waals surface area contributed by atoms with Crippen molar-refractivity contribution in [2.24, 2.45) is 5.73 Å². The molecule has 0 radical (unpaired) electrons. The van der Waals surface area contributed by atoms with Gasteiger partial charge in [0.25, 0.3) is 11.5 Å². The van der Waals surface area contributed by atoms with Crippen LogP contribution in [0.15, 0.2) is 47.4 Å². The molecule has 6 nitrogen and oxygen atoms in total. The number of nitrogens with two attached hydrogens (primary N) is 1. The third-order valence-corrected chi connectivity index (χ3v) is 4.73. The van der Waals surface area contributed by atoms with E-state index in [0.717, 1.165) is 18.4 Å². The molecule has 1 aliphatic rings. The molecule has 0 aliphatic heterocycles. The highest BCUT2D eigenvalue weighted by Gasteiger charge is 2.28. The molecule has 8 heteroatoms. The second-order valence-electron chi connectivity index (χ2n) is 6.79. The molecule has 2 heterocycles. The number of carbonyl (C=O) groups excluding carboxylic acids is 1. The van der Waals surface area contributed by atoms with Gasteiger partial charge in [0, 0.05) is 22.8 Å². The van der Waals surface area contributed by atoms with Crippen LogP contribution in [0.4, 0.5) is 4.39 Å². The van der Waals surface area contributed by atoms with Gasteiger partial charge in [-0.05, 0) is 54.7 Å². The Labute approximate surface area is 164 Å². The molecule has 1 aliphatic carbocycles. The molecule has 2 aromatic heterocycles. The summed E-state index contributed by atoms with van der Waals surface area (Å²) in [4.78, 5) is 28.5. The van der Waals surface area contributed by atoms with Crippen molar-refractivity contribution >= 4 is 17.5 Å². The van der Waals surface area contributed by atoms with Crippen molar-refractivity contribution in [3.8, 4) is 11.3 Å². The number of hydrogen-bond donors (Lipinski definition) is 1. The Bertz CT molecular complexity index is 1100. The minimum Gasteiger partial charge on any atom is -0.364 e. The summed E-state index contributed by atoms with van der Waals surface area (Å²) in [6, 6.07) is 9.19. The quantitative estimate of drug-likeness (QED) is 0.714. The fourth-order valence-electron chi connectivity index (χ4n) is 3.06. The van der Waals surface area contributed by atoms with Crippen molar-refractivity contribution in [1.29, 1.82) is 0 Å². The lowest BCUT2D eigenvalue weighted by molar-refractivity contribution is 0.0994. The van der Waals surface area contributed by atoms with Crippen molar-refractivity contribution in [1.82, 2.24) is 14.8 Å². The number of nitrogens with zero attached hydrogens (tertiary/aromatic N) is 3. The van der Waals surface area contributed by atoms with Crippen LogP contribution in [0.2, 0.25) is 5.02 Å². The van der Waals surface area contributed by atoms with Gasteiger partial charge in [-0.1, -0.05) is 17.7 Å². The first-order chi connectivity index (χ1) is 13.4. The topological polar surface area (TPSA) is 90.9 Å². The molecule has 0 atom stereocenters. The van der Waals surface area contributed by atoms with E-state index >= 15 is 0 Å². The molecule has 2 N–H and O–H groups in total. The summed E-state index contributed by atoms with van der Waals surface area (Å²) in [6.07, 6.45) is 3.77. The highest BCUT2D eigenvalue weighted by molar-refractivity contribution is 6.30. The van der Waals surface area contributed by atoms with Gasteiger partial charge >= 0.3 is 0 Å². The number of amides is 1. The minimum atomic E-state index is -0.718. The molecule has 4 rings (SSSR count). The van der Waals surface area contributed by atoms with E-state index in [0.29, 0.717) is 28.3 Å². The van der Waals surface area contributed by atoms with Gasteiger partial charge in [-0.25, -0.2) is 9.07 Å². The number of halogens is 2. The average molecular weight is 399 g/mol. The van der Waals surface area contributed by atoms with Crippen LogP contribution in [0, 0.1) is 5.82 Å². The lowest BCUT2D eigenvalue weighted by Crippen LogP contribution is -2.27. The number of rotatable bonds is 5. The first kappa shape index (κ1) is 18.3. The van der Waals surface area contributed by atoms with E-state index in [1.54, 1.807) is 24.4 Å². The Hall–Kier alpha value is -3.06. The Morgan fingerprint density at radius 2 is 2.00 bits per heavy atom. The van der Waals surface area contributed by atoms with Crippen molar-refractivity contribution < 1.29 is 9.18 Å². The largest absolute Gasteiger partial charge is 0.364 e. The van der Waals surface area contributed by atoms with E-state index < -0.39 is 11.7 Å². The molecule has 142 valence electrons. The third kappa shape index (κ3) is 3.80. The lowest BCUT2D eigenvalue weighted by atomic mass is 10.0. The number of primary amides is 1. The zero-order valence-electron chi connectivity index (χ0n) is 14.7.